The summed E-state index contributed by atoms with van der Waals surface area (Å²) < 4.78 is 4.90. The third kappa shape index (κ3) is 5.15. The van der Waals surface area contributed by atoms with Gasteiger partial charge in [0.25, 0.3) is 5.69 Å². The summed E-state index contributed by atoms with van der Waals surface area (Å²) in [5.41, 5.74) is 2.49. The Bertz CT molecular complexity index is 832. The number of hydrogen-bond acceptors (Lipinski definition) is 6. The zero-order chi connectivity index (χ0) is 18.4. The lowest BCUT2D eigenvalue weighted by atomic mass is 10.2. The molecule has 130 valence electrons. The maximum absolute atomic E-state index is 12.0. The molecule has 2 aromatic rings. The third-order valence-electron chi connectivity index (χ3n) is 2.94. The number of nitrogens with one attached hydrogen (secondary N) is 2. The minimum Gasteiger partial charge on any atom is -0.459 e. The highest BCUT2D eigenvalue weighted by Crippen LogP contribution is 2.26. The highest BCUT2D eigenvalue weighted by molar-refractivity contribution is 6.33. The number of anilines is 1. The Kier molecular flexibility index (Phi) is 5.85. The Morgan fingerprint density at radius 2 is 2.12 bits per heavy atom. The number of amides is 2. The van der Waals surface area contributed by atoms with E-state index in [4.69, 9.17) is 16.0 Å². The highest BCUT2D eigenvalue weighted by Gasteiger charge is 2.13. The van der Waals surface area contributed by atoms with E-state index >= 15 is 0 Å². The molecule has 9 nitrogen and oxygen atoms in total. The van der Waals surface area contributed by atoms with Crippen molar-refractivity contribution in [2.24, 2.45) is 5.10 Å². The molecule has 0 aliphatic heterocycles. The summed E-state index contributed by atoms with van der Waals surface area (Å²) in [5, 5.41) is 17.2. The number of furan rings is 1. The zero-order valence-corrected chi connectivity index (χ0v) is 13.7. The highest BCUT2D eigenvalue weighted by atomic mass is 35.5. The molecule has 0 spiro atoms. The molecule has 1 aromatic heterocycles. The van der Waals surface area contributed by atoms with Gasteiger partial charge in [-0.3, -0.25) is 19.7 Å². The van der Waals surface area contributed by atoms with Crippen LogP contribution >= 0.6 is 11.6 Å². The van der Waals surface area contributed by atoms with Crippen molar-refractivity contribution in [1.82, 2.24) is 5.43 Å². The van der Waals surface area contributed by atoms with Crippen LogP contribution in [-0.2, 0) is 4.79 Å². The first-order valence-corrected chi connectivity index (χ1v) is 7.35. The number of carbonyl (C=O) groups is 2. The summed E-state index contributed by atoms with van der Waals surface area (Å²) in [6, 6.07) is 6.74. The van der Waals surface area contributed by atoms with E-state index in [1.165, 1.54) is 31.4 Å². The number of halogens is 1. The van der Waals surface area contributed by atoms with Crippen molar-refractivity contribution in [3.63, 3.8) is 0 Å². The predicted molar refractivity (Wildman–Crippen MR) is 90.6 cm³/mol. The summed E-state index contributed by atoms with van der Waals surface area (Å²) in [6.07, 6.45) is 1.21. The van der Waals surface area contributed by atoms with E-state index in [-0.39, 0.29) is 28.6 Å². The van der Waals surface area contributed by atoms with Crippen LogP contribution in [0.15, 0.2) is 46.1 Å². The van der Waals surface area contributed by atoms with Crippen LogP contribution in [0.25, 0.3) is 0 Å². The monoisotopic (exact) mass is 364 g/mol. The molecule has 25 heavy (non-hydrogen) atoms. The van der Waals surface area contributed by atoms with Crippen LogP contribution in [0.1, 0.15) is 23.9 Å². The minimum atomic E-state index is -0.594. The number of nitrogens with zero attached hydrogens (tertiary/aromatic N) is 2. The lowest BCUT2D eigenvalue weighted by Crippen LogP contribution is -2.21. The van der Waals surface area contributed by atoms with Gasteiger partial charge in [-0.25, -0.2) is 5.43 Å². The van der Waals surface area contributed by atoms with Gasteiger partial charge in [0.15, 0.2) is 5.76 Å². The van der Waals surface area contributed by atoms with Crippen LogP contribution in [0.5, 0.6) is 0 Å². The van der Waals surface area contributed by atoms with Gasteiger partial charge in [0, 0.05) is 17.8 Å². The molecule has 0 fully saturated rings. The maximum atomic E-state index is 12.0. The predicted octanol–water partition coefficient (Wildman–Crippen LogP) is 2.98. The van der Waals surface area contributed by atoms with E-state index in [2.05, 4.69) is 15.8 Å². The normalized spacial score (nSPS) is 11.0. The Labute approximate surface area is 146 Å². The first-order valence-electron chi connectivity index (χ1n) is 6.97. The van der Waals surface area contributed by atoms with Gasteiger partial charge >= 0.3 is 5.91 Å². The van der Waals surface area contributed by atoms with Gasteiger partial charge in [0.05, 0.1) is 28.3 Å². The minimum absolute atomic E-state index is 0.0874. The molecule has 2 rings (SSSR count). The van der Waals surface area contributed by atoms with Gasteiger partial charge in [0.2, 0.25) is 5.91 Å². The van der Waals surface area contributed by atoms with Crippen molar-refractivity contribution in [3.05, 3.63) is 57.5 Å². The van der Waals surface area contributed by atoms with E-state index in [0.717, 1.165) is 6.07 Å². The molecule has 0 bridgehead atoms. The van der Waals surface area contributed by atoms with Crippen LogP contribution in [0, 0.1) is 10.1 Å². The topological polar surface area (TPSA) is 127 Å². The summed E-state index contributed by atoms with van der Waals surface area (Å²) in [4.78, 5) is 33.8. The van der Waals surface area contributed by atoms with Crippen LogP contribution in [0.3, 0.4) is 0 Å². The first-order chi connectivity index (χ1) is 11.9. The molecule has 0 unspecified atom stereocenters. The van der Waals surface area contributed by atoms with Gasteiger partial charge in [-0.2, -0.15) is 5.10 Å². The number of rotatable bonds is 6. The van der Waals surface area contributed by atoms with E-state index in [1.54, 1.807) is 6.07 Å². The Morgan fingerprint density at radius 1 is 1.36 bits per heavy atom. The average Bonchev–Trinajstić information content (AvgIpc) is 3.09. The van der Waals surface area contributed by atoms with Crippen molar-refractivity contribution >= 4 is 40.5 Å². The average molecular weight is 365 g/mol. The number of hydrogen-bond donors (Lipinski definition) is 2. The van der Waals surface area contributed by atoms with E-state index in [9.17, 15) is 19.7 Å². The molecule has 1 aromatic carbocycles. The molecule has 0 saturated heterocycles. The lowest BCUT2D eigenvalue weighted by molar-refractivity contribution is -0.384. The molecule has 0 aliphatic carbocycles. The fraction of sp³-hybridized carbons (Fsp3) is 0.133. The fourth-order valence-electron chi connectivity index (χ4n) is 1.80. The molecular weight excluding hydrogens is 352 g/mol. The molecule has 0 atom stereocenters. The van der Waals surface area contributed by atoms with Crippen molar-refractivity contribution in [2.75, 3.05) is 5.32 Å². The van der Waals surface area contributed by atoms with Crippen LogP contribution in [-0.4, -0.2) is 22.4 Å². The molecule has 2 N–H and O–H groups in total. The Balaban J connectivity index is 1.95. The third-order valence-corrected chi connectivity index (χ3v) is 3.27. The number of non-ortho nitro benzene ring substituents is 1. The molecule has 2 amide bonds. The standard InChI is InChI=1S/C15H13ClN4O5/c1-9(18-19-15(22)13-3-2-6-25-13)7-14(21)17-12-8-10(20(23)24)4-5-11(12)16/h2-6,8H,7H2,1H3,(H,17,21)(H,19,22)/b18-9+. The zero-order valence-electron chi connectivity index (χ0n) is 13.0. The van der Waals surface area contributed by atoms with Crippen molar-refractivity contribution < 1.29 is 18.9 Å². The number of nitro benzene ring substituents is 1. The number of carbonyl (C=O) groups excluding carboxylic acids is 2. The summed E-state index contributed by atoms with van der Waals surface area (Å²) >= 11 is 5.91. The SMILES string of the molecule is C/C(CC(=O)Nc1cc([N+](=O)[O-])ccc1Cl)=N\NC(=O)c1ccco1. The van der Waals surface area contributed by atoms with Crippen LogP contribution < -0.4 is 10.7 Å². The van der Waals surface area contributed by atoms with E-state index < -0.39 is 16.7 Å². The summed E-state index contributed by atoms with van der Waals surface area (Å²) in [7, 11) is 0. The molecule has 0 aliphatic rings. The number of nitro groups is 1. The number of benzene rings is 1. The van der Waals surface area contributed by atoms with Crippen molar-refractivity contribution in [3.8, 4) is 0 Å². The largest absolute Gasteiger partial charge is 0.459 e. The maximum Gasteiger partial charge on any atom is 0.307 e. The Hall–Kier alpha value is -3.20. The fourth-order valence-corrected chi connectivity index (χ4v) is 1.96. The van der Waals surface area contributed by atoms with E-state index in [1.807, 2.05) is 0 Å². The first kappa shape index (κ1) is 18.1. The van der Waals surface area contributed by atoms with Crippen molar-refractivity contribution in [2.45, 2.75) is 13.3 Å². The van der Waals surface area contributed by atoms with Crippen LogP contribution in [0.2, 0.25) is 5.02 Å². The molecule has 0 saturated carbocycles. The van der Waals surface area contributed by atoms with Gasteiger partial charge < -0.3 is 9.73 Å². The van der Waals surface area contributed by atoms with Gasteiger partial charge in [-0.05, 0) is 25.1 Å². The van der Waals surface area contributed by atoms with Gasteiger partial charge in [-0.1, -0.05) is 11.6 Å². The number of hydrazone groups is 1. The second kappa shape index (κ2) is 8.06. The van der Waals surface area contributed by atoms with Crippen LogP contribution in [0.4, 0.5) is 11.4 Å². The molecule has 0 radical (unpaired) electrons. The molecule has 1 heterocycles. The molecular formula is C15H13ClN4O5. The van der Waals surface area contributed by atoms with Gasteiger partial charge in [-0.15, -0.1) is 0 Å². The second-order valence-corrected chi connectivity index (χ2v) is 5.32. The van der Waals surface area contributed by atoms with Gasteiger partial charge in [0.1, 0.15) is 0 Å². The summed E-state index contributed by atoms with van der Waals surface area (Å²) in [5.74, 6) is -0.952. The molecule has 10 heteroatoms. The summed E-state index contributed by atoms with van der Waals surface area (Å²) in [6.45, 7) is 1.54. The lowest BCUT2D eigenvalue weighted by Gasteiger charge is -2.07. The quantitative estimate of drug-likeness (QED) is 0.462. The van der Waals surface area contributed by atoms with Crippen molar-refractivity contribution in [1.29, 1.82) is 0 Å². The van der Waals surface area contributed by atoms with E-state index in [0.29, 0.717) is 5.71 Å². The smallest absolute Gasteiger partial charge is 0.307 e. The Morgan fingerprint density at radius 3 is 2.76 bits per heavy atom. The second-order valence-electron chi connectivity index (χ2n) is 4.91.